The van der Waals surface area contributed by atoms with Crippen LogP contribution < -0.4 is 5.73 Å². The molecule has 0 aliphatic rings. The molecule has 86 valence electrons. The van der Waals surface area contributed by atoms with Gasteiger partial charge in [0.2, 0.25) is 4.96 Å². The van der Waals surface area contributed by atoms with Gasteiger partial charge >= 0.3 is 0 Å². The minimum atomic E-state index is 0.556. The monoisotopic (exact) mass is 245 g/mol. The minimum absolute atomic E-state index is 0.556. The average molecular weight is 245 g/mol. The lowest BCUT2D eigenvalue weighted by molar-refractivity contribution is 0.902. The minimum Gasteiger partial charge on any atom is -0.326 e. The van der Waals surface area contributed by atoms with Gasteiger partial charge in [-0.1, -0.05) is 35.6 Å². The van der Waals surface area contributed by atoms with Gasteiger partial charge in [-0.15, -0.1) is 10.2 Å². The van der Waals surface area contributed by atoms with Gasteiger partial charge in [-0.3, -0.25) is 0 Å². The van der Waals surface area contributed by atoms with Crippen molar-refractivity contribution in [2.45, 2.75) is 13.0 Å². The molecule has 0 fully saturated rings. The molecule has 0 amide bonds. The second-order valence-electron chi connectivity index (χ2n) is 3.70. The van der Waals surface area contributed by atoms with E-state index in [1.54, 1.807) is 22.2 Å². The molecule has 3 aromatic rings. The Morgan fingerprint density at radius 3 is 2.82 bits per heavy atom. The van der Waals surface area contributed by atoms with Crippen molar-refractivity contribution in [2.24, 2.45) is 5.73 Å². The quantitative estimate of drug-likeness (QED) is 0.753. The number of hydrogen-bond acceptors (Lipinski definition) is 5. The Bertz CT molecular complexity index is 613. The molecular weight excluding hydrogens is 234 g/mol. The summed E-state index contributed by atoms with van der Waals surface area (Å²) in [6, 6.07) is 8.17. The van der Waals surface area contributed by atoms with Gasteiger partial charge in [0, 0.05) is 13.0 Å². The standard InChI is InChI=1S/C11H11N5S/c12-6-9-4-2-1-3-8(9)5-10-15-16-7-13-14-11(16)17-10/h1-4,7H,5-6,12H2. The van der Waals surface area contributed by atoms with Gasteiger partial charge in [-0.05, 0) is 11.1 Å². The van der Waals surface area contributed by atoms with Gasteiger partial charge in [0.15, 0.2) is 0 Å². The van der Waals surface area contributed by atoms with Gasteiger partial charge in [-0.25, -0.2) is 0 Å². The van der Waals surface area contributed by atoms with Crippen LogP contribution in [0.3, 0.4) is 0 Å². The van der Waals surface area contributed by atoms with E-state index in [1.165, 1.54) is 11.1 Å². The smallest absolute Gasteiger partial charge is 0.234 e. The average Bonchev–Trinajstić information content (AvgIpc) is 2.90. The third kappa shape index (κ3) is 1.92. The number of hydrogen-bond donors (Lipinski definition) is 1. The maximum absolute atomic E-state index is 5.71. The normalized spacial score (nSPS) is 11.1. The summed E-state index contributed by atoms with van der Waals surface area (Å²) in [6.45, 7) is 0.556. The van der Waals surface area contributed by atoms with Gasteiger partial charge in [0.25, 0.3) is 0 Å². The highest BCUT2D eigenvalue weighted by molar-refractivity contribution is 7.16. The second kappa shape index (κ2) is 4.23. The van der Waals surface area contributed by atoms with Gasteiger partial charge in [0.1, 0.15) is 11.3 Å². The van der Waals surface area contributed by atoms with Crippen molar-refractivity contribution in [1.82, 2.24) is 19.8 Å². The largest absolute Gasteiger partial charge is 0.326 e. The summed E-state index contributed by atoms with van der Waals surface area (Å²) >= 11 is 1.56. The van der Waals surface area contributed by atoms with E-state index < -0.39 is 0 Å². The maximum atomic E-state index is 5.71. The second-order valence-corrected chi connectivity index (χ2v) is 4.74. The number of nitrogens with zero attached hydrogens (tertiary/aromatic N) is 4. The molecule has 0 saturated heterocycles. The molecule has 1 aromatic carbocycles. The fraction of sp³-hybridized carbons (Fsp3) is 0.182. The zero-order valence-corrected chi connectivity index (χ0v) is 9.89. The summed E-state index contributed by atoms with van der Waals surface area (Å²) in [6.07, 6.45) is 2.41. The highest BCUT2D eigenvalue weighted by Gasteiger charge is 2.08. The van der Waals surface area contributed by atoms with Gasteiger partial charge < -0.3 is 5.73 Å². The van der Waals surface area contributed by atoms with Crippen molar-refractivity contribution >= 4 is 16.3 Å². The predicted molar refractivity (Wildman–Crippen MR) is 65.8 cm³/mol. The third-order valence-corrected chi connectivity index (χ3v) is 3.52. The van der Waals surface area contributed by atoms with Crippen LogP contribution in [0.25, 0.3) is 4.96 Å². The highest BCUT2D eigenvalue weighted by atomic mass is 32.1. The van der Waals surface area contributed by atoms with Crippen molar-refractivity contribution in [1.29, 1.82) is 0 Å². The van der Waals surface area contributed by atoms with Crippen LogP contribution in [0.2, 0.25) is 0 Å². The zero-order valence-electron chi connectivity index (χ0n) is 9.08. The Kier molecular flexibility index (Phi) is 2.58. The summed E-state index contributed by atoms with van der Waals surface area (Å²) in [5.74, 6) is 0. The van der Waals surface area contributed by atoms with E-state index in [0.29, 0.717) is 6.54 Å². The van der Waals surface area contributed by atoms with Crippen LogP contribution in [-0.4, -0.2) is 19.8 Å². The van der Waals surface area contributed by atoms with Gasteiger partial charge in [0.05, 0.1) is 0 Å². The molecule has 2 heterocycles. The predicted octanol–water partition coefficient (Wildman–Crippen LogP) is 1.24. The summed E-state index contributed by atoms with van der Waals surface area (Å²) in [5.41, 5.74) is 8.10. The van der Waals surface area contributed by atoms with Crippen LogP contribution in [0.1, 0.15) is 16.1 Å². The first-order valence-corrected chi connectivity index (χ1v) is 6.11. The molecule has 2 aromatic heterocycles. The van der Waals surface area contributed by atoms with Crippen molar-refractivity contribution < 1.29 is 0 Å². The first kappa shape index (κ1) is 10.4. The molecule has 0 aliphatic carbocycles. The van der Waals surface area contributed by atoms with Crippen LogP contribution in [-0.2, 0) is 13.0 Å². The molecule has 0 radical (unpaired) electrons. The Hall–Kier alpha value is -1.79. The number of rotatable bonds is 3. The third-order valence-electron chi connectivity index (χ3n) is 2.61. The van der Waals surface area contributed by atoms with Crippen molar-refractivity contribution in [3.05, 3.63) is 46.7 Å². The van der Waals surface area contributed by atoms with E-state index in [-0.39, 0.29) is 0 Å². The lowest BCUT2D eigenvalue weighted by atomic mass is 10.1. The van der Waals surface area contributed by atoms with Crippen LogP contribution in [0.4, 0.5) is 0 Å². The molecule has 5 nitrogen and oxygen atoms in total. The topological polar surface area (TPSA) is 69.1 Å². The summed E-state index contributed by atoms with van der Waals surface area (Å²) in [4.78, 5) is 0.824. The fourth-order valence-electron chi connectivity index (χ4n) is 1.76. The maximum Gasteiger partial charge on any atom is 0.234 e. The first-order chi connectivity index (χ1) is 8.36. The fourth-order valence-corrected chi connectivity index (χ4v) is 2.60. The lowest BCUT2D eigenvalue weighted by Crippen LogP contribution is -2.01. The molecule has 2 N–H and O–H groups in total. The molecule has 3 rings (SSSR count). The van der Waals surface area contributed by atoms with E-state index in [9.17, 15) is 0 Å². The van der Waals surface area contributed by atoms with Crippen LogP contribution >= 0.6 is 11.3 Å². The molecule has 0 aliphatic heterocycles. The number of fused-ring (bicyclic) bond motifs is 1. The van der Waals surface area contributed by atoms with E-state index in [4.69, 9.17) is 5.73 Å². The Labute approximate surface area is 102 Å². The SMILES string of the molecule is NCc1ccccc1Cc1nn2cnnc2s1. The highest BCUT2D eigenvalue weighted by Crippen LogP contribution is 2.18. The first-order valence-electron chi connectivity index (χ1n) is 5.29. The van der Waals surface area contributed by atoms with Gasteiger partial charge in [-0.2, -0.15) is 9.61 Å². The van der Waals surface area contributed by atoms with E-state index >= 15 is 0 Å². The molecule has 6 heteroatoms. The molecule has 0 bridgehead atoms. The van der Waals surface area contributed by atoms with Crippen LogP contribution in [0.5, 0.6) is 0 Å². The van der Waals surface area contributed by atoms with E-state index in [1.807, 2.05) is 12.1 Å². The van der Waals surface area contributed by atoms with Crippen LogP contribution in [0, 0.1) is 0 Å². The molecular formula is C11H11N5S. The molecule has 0 spiro atoms. The summed E-state index contributed by atoms with van der Waals surface area (Å²) < 4.78 is 1.70. The number of nitrogens with two attached hydrogens (primary N) is 1. The summed E-state index contributed by atoms with van der Waals surface area (Å²) in [7, 11) is 0. The molecule has 0 unspecified atom stereocenters. The van der Waals surface area contributed by atoms with Crippen molar-refractivity contribution in [3.63, 3.8) is 0 Å². The Morgan fingerprint density at radius 2 is 2.06 bits per heavy atom. The van der Waals surface area contributed by atoms with E-state index in [2.05, 4.69) is 27.4 Å². The number of benzene rings is 1. The lowest BCUT2D eigenvalue weighted by Gasteiger charge is -2.04. The Balaban J connectivity index is 1.94. The molecule has 17 heavy (non-hydrogen) atoms. The Morgan fingerprint density at radius 1 is 1.24 bits per heavy atom. The zero-order chi connectivity index (χ0) is 11.7. The molecule has 0 atom stereocenters. The molecule has 0 saturated carbocycles. The van der Waals surface area contributed by atoms with E-state index in [0.717, 1.165) is 16.4 Å². The van der Waals surface area contributed by atoms with Crippen molar-refractivity contribution in [2.75, 3.05) is 0 Å². The van der Waals surface area contributed by atoms with Crippen LogP contribution in [0.15, 0.2) is 30.6 Å². The summed E-state index contributed by atoms with van der Waals surface area (Å²) in [5, 5.41) is 13.2. The van der Waals surface area contributed by atoms with Crippen molar-refractivity contribution in [3.8, 4) is 0 Å². The number of aromatic nitrogens is 4.